The van der Waals surface area contributed by atoms with Gasteiger partial charge in [-0.05, 0) is 36.2 Å². The van der Waals surface area contributed by atoms with E-state index < -0.39 is 0 Å². The Morgan fingerprint density at radius 2 is 2.08 bits per heavy atom. The SMILES string of the molecule is CN/C=C(\C=N)Nc1nccc(-c2ccc3c(c2)CNCC[C@H]3NC(=O)c2nnc(C(C)(C)C)o2)n1. The van der Waals surface area contributed by atoms with Crippen molar-refractivity contribution >= 4 is 18.1 Å². The van der Waals surface area contributed by atoms with E-state index >= 15 is 0 Å². The van der Waals surface area contributed by atoms with Crippen molar-refractivity contribution in [3.05, 3.63) is 65.3 Å². The van der Waals surface area contributed by atoms with Crippen LogP contribution in [0.1, 0.15) is 60.9 Å². The van der Waals surface area contributed by atoms with Crippen LogP contribution in [0.25, 0.3) is 11.3 Å². The van der Waals surface area contributed by atoms with Gasteiger partial charge >= 0.3 is 11.8 Å². The first-order chi connectivity index (χ1) is 17.3. The number of aromatic nitrogens is 4. The lowest BCUT2D eigenvalue weighted by molar-refractivity contribution is 0.0896. The standard InChI is InChI=1S/C25H31N9O2/c1-25(2,3)23-34-33-22(36-23)21(35)31-20-7-9-28-13-16-11-15(5-6-18(16)20)19-8-10-29-24(32-19)30-17(12-26)14-27-4/h5-6,8,10-12,14,20,26-28H,7,9,13H2,1-4H3,(H,31,35)(H,29,30,32)/b17-14+,26-12?/t20-/m1/s1. The summed E-state index contributed by atoms with van der Waals surface area (Å²) in [5, 5.41) is 27.9. The van der Waals surface area contributed by atoms with E-state index in [0.29, 0.717) is 24.1 Å². The van der Waals surface area contributed by atoms with Crippen LogP contribution in [0.3, 0.4) is 0 Å². The van der Waals surface area contributed by atoms with Gasteiger partial charge in [-0.3, -0.25) is 4.79 Å². The Hall–Kier alpha value is -4.12. The highest BCUT2D eigenvalue weighted by Gasteiger charge is 2.27. The van der Waals surface area contributed by atoms with Crippen molar-refractivity contribution in [2.45, 2.75) is 45.2 Å². The fourth-order valence-corrected chi connectivity index (χ4v) is 3.85. The van der Waals surface area contributed by atoms with Gasteiger partial charge in [-0.15, -0.1) is 10.2 Å². The Labute approximate surface area is 209 Å². The van der Waals surface area contributed by atoms with E-state index in [2.05, 4.69) is 47.5 Å². The highest BCUT2D eigenvalue weighted by atomic mass is 16.4. The zero-order valence-electron chi connectivity index (χ0n) is 20.8. The van der Waals surface area contributed by atoms with E-state index in [4.69, 9.17) is 9.83 Å². The van der Waals surface area contributed by atoms with Gasteiger partial charge < -0.3 is 31.1 Å². The summed E-state index contributed by atoms with van der Waals surface area (Å²) in [7, 11) is 1.76. The normalized spacial score (nSPS) is 16.0. The number of nitrogens with zero attached hydrogens (tertiary/aromatic N) is 4. The number of hydrogen-bond donors (Lipinski definition) is 5. The van der Waals surface area contributed by atoms with Gasteiger partial charge in [-0.25, -0.2) is 9.97 Å². The van der Waals surface area contributed by atoms with Gasteiger partial charge in [0.2, 0.25) is 11.8 Å². The average molecular weight is 490 g/mol. The summed E-state index contributed by atoms with van der Waals surface area (Å²) in [6, 6.07) is 7.72. The van der Waals surface area contributed by atoms with Crippen LogP contribution in [0.15, 0.2) is 46.8 Å². The van der Waals surface area contributed by atoms with Crippen LogP contribution >= 0.6 is 0 Å². The predicted molar refractivity (Wildman–Crippen MR) is 137 cm³/mol. The molecule has 3 heterocycles. The number of rotatable bonds is 7. The third-order valence-corrected chi connectivity index (χ3v) is 5.67. The average Bonchev–Trinajstić information content (AvgIpc) is 3.29. The molecule has 1 aliphatic heterocycles. The van der Waals surface area contributed by atoms with Gasteiger partial charge in [0.1, 0.15) is 0 Å². The smallest absolute Gasteiger partial charge is 0.309 e. The van der Waals surface area contributed by atoms with Crippen molar-refractivity contribution < 1.29 is 9.21 Å². The van der Waals surface area contributed by atoms with E-state index in [1.54, 1.807) is 19.4 Å². The molecule has 1 aromatic carbocycles. The molecule has 0 saturated heterocycles. The molecular weight excluding hydrogens is 458 g/mol. The molecule has 1 atom stereocenters. The number of nitrogens with one attached hydrogen (secondary N) is 5. The van der Waals surface area contributed by atoms with Crippen molar-refractivity contribution in [1.29, 1.82) is 5.41 Å². The maximum atomic E-state index is 12.9. The Bertz CT molecular complexity index is 1280. The molecule has 0 saturated carbocycles. The third kappa shape index (κ3) is 5.74. The minimum absolute atomic E-state index is 0.0343. The number of carbonyl (C=O) groups excluding carboxylic acids is 1. The van der Waals surface area contributed by atoms with Crippen molar-refractivity contribution in [2.75, 3.05) is 18.9 Å². The topological polar surface area (TPSA) is 154 Å². The quantitative estimate of drug-likeness (QED) is 0.315. The molecular formula is C25H31N9O2. The molecule has 0 fully saturated rings. The summed E-state index contributed by atoms with van der Waals surface area (Å²) in [4.78, 5) is 21.7. The number of benzene rings is 1. The summed E-state index contributed by atoms with van der Waals surface area (Å²) in [6.45, 7) is 7.28. The lowest BCUT2D eigenvalue weighted by Crippen LogP contribution is -2.30. The number of anilines is 1. The Kier molecular flexibility index (Phi) is 7.39. The van der Waals surface area contributed by atoms with Crippen LogP contribution < -0.4 is 21.3 Å². The first kappa shape index (κ1) is 25.0. The predicted octanol–water partition coefficient (Wildman–Crippen LogP) is 2.91. The molecule has 1 amide bonds. The minimum atomic E-state index is -0.386. The lowest BCUT2D eigenvalue weighted by atomic mass is 9.96. The number of carbonyl (C=O) groups is 1. The van der Waals surface area contributed by atoms with Gasteiger partial charge in [0, 0.05) is 43.2 Å². The molecule has 188 valence electrons. The minimum Gasteiger partial charge on any atom is -0.416 e. The Balaban J connectivity index is 1.56. The van der Waals surface area contributed by atoms with E-state index in [0.717, 1.165) is 35.3 Å². The molecule has 11 heteroatoms. The highest BCUT2D eigenvalue weighted by molar-refractivity contribution is 5.89. The first-order valence-electron chi connectivity index (χ1n) is 11.7. The second-order valence-electron chi connectivity index (χ2n) is 9.49. The number of amides is 1. The summed E-state index contributed by atoms with van der Waals surface area (Å²) < 4.78 is 5.62. The monoisotopic (exact) mass is 489 g/mol. The van der Waals surface area contributed by atoms with Gasteiger partial charge in [0.25, 0.3) is 0 Å². The lowest BCUT2D eigenvalue weighted by Gasteiger charge is -2.19. The van der Waals surface area contributed by atoms with Crippen LogP contribution in [0.4, 0.5) is 5.95 Å². The zero-order valence-corrected chi connectivity index (χ0v) is 20.8. The molecule has 3 aromatic rings. The van der Waals surface area contributed by atoms with Gasteiger partial charge in [0.15, 0.2) is 0 Å². The van der Waals surface area contributed by atoms with Gasteiger partial charge in [-0.2, -0.15) is 0 Å². The van der Waals surface area contributed by atoms with Crippen LogP contribution in [-0.2, 0) is 12.0 Å². The van der Waals surface area contributed by atoms with Crippen molar-refractivity contribution in [3.63, 3.8) is 0 Å². The summed E-state index contributed by atoms with van der Waals surface area (Å²) >= 11 is 0. The van der Waals surface area contributed by atoms with Crippen molar-refractivity contribution in [2.24, 2.45) is 0 Å². The molecule has 1 aliphatic rings. The Morgan fingerprint density at radius 1 is 1.25 bits per heavy atom. The molecule has 0 aliphatic carbocycles. The fraction of sp³-hybridized carbons (Fsp3) is 0.360. The number of fused-ring (bicyclic) bond motifs is 1. The second kappa shape index (κ2) is 10.6. The number of allylic oxidation sites excluding steroid dienone is 1. The van der Waals surface area contributed by atoms with Crippen molar-refractivity contribution in [3.8, 4) is 11.3 Å². The fourth-order valence-electron chi connectivity index (χ4n) is 3.85. The summed E-state index contributed by atoms with van der Waals surface area (Å²) in [6.07, 6.45) is 5.25. The summed E-state index contributed by atoms with van der Waals surface area (Å²) in [5.41, 5.74) is 3.97. The van der Waals surface area contributed by atoms with Gasteiger partial charge in [-0.1, -0.05) is 32.9 Å². The molecule has 36 heavy (non-hydrogen) atoms. The van der Waals surface area contributed by atoms with Crippen molar-refractivity contribution in [1.82, 2.24) is 36.1 Å². The molecule has 0 spiro atoms. The maximum absolute atomic E-state index is 12.9. The molecule has 2 aromatic heterocycles. The maximum Gasteiger partial charge on any atom is 0.309 e. The van der Waals surface area contributed by atoms with Crippen LogP contribution in [0, 0.1) is 5.41 Å². The molecule has 5 N–H and O–H groups in total. The first-order valence-corrected chi connectivity index (χ1v) is 11.7. The Morgan fingerprint density at radius 3 is 2.81 bits per heavy atom. The van der Waals surface area contributed by atoms with Crippen LogP contribution in [-0.4, -0.2) is 45.9 Å². The van der Waals surface area contributed by atoms with Gasteiger partial charge in [0.05, 0.1) is 17.4 Å². The van der Waals surface area contributed by atoms with E-state index in [9.17, 15) is 4.79 Å². The molecule has 4 rings (SSSR count). The third-order valence-electron chi connectivity index (χ3n) is 5.67. The van der Waals surface area contributed by atoms with E-state index in [1.165, 1.54) is 6.21 Å². The van der Waals surface area contributed by atoms with E-state index in [-0.39, 0.29) is 23.3 Å². The largest absolute Gasteiger partial charge is 0.416 e. The zero-order chi connectivity index (χ0) is 25.7. The summed E-state index contributed by atoms with van der Waals surface area (Å²) in [5.74, 6) is 0.397. The molecule has 0 bridgehead atoms. The highest BCUT2D eigenvalue weighted by Crippen LogP contribution is 2.29. The van der Waals surface area contributed by atoms with Crippen LogP contribution in [0.2, 0.25) is 0 Å². The second-order valence-corrected chi connectivity index (χ2v) is 9.49. The molecule has 0 unspecified atom stereocenters. The van der Waals surface area contributed by atoms with E-state index in [1.807, 2.05) is 39.0 Å². The molecule has 11 nitrogen and oxygen atoms in total. The van der Waals surface area contributed by atoms with Crippen LogP contribution in [0.5, 0.6) is 0 Å². The molecule has 0 radical (unpaired) electrons. The number of hydrogen-bond acceptors (Lipinski definition) is 10.